The lowest BCUT2D eigenvalue weighted by atomic mass is 10.1. The maximum atomic E-state index is 11.0. The van der Waals surface area contributed by atoms with Crippen LogP contribution < -0.4 is 5.73 Å². The highest BCUT2D eigenvalue weighted by atomic mass is 16.5. The van der Waals surface area contributed by atoms with E-state index in [0.717, 1.165) is 22.6 Å². The summed E-state index contributed by atoms with van der Waals surface area (Å²) in [6, 6.07) is 10.5. The Bertz CT molecular complexity index is 597. The number of benzene rings is 1. The van der Waals surface area contributed by atoms with Gasteiger partial charge in [-0.1, -0.05) is 12.1 Å². The Morgan fingerprint density at radius 1 is 1.15 bits per heavy atom. The quantitative estimate of drug-likeness (QED) is 0.666. The lowest BCUT2D eigenvalue weighted by Gasteiger charge is -2.21. The Morgan fingerprint density at radius 3 is 2.10 bits per heavy atom. The van der Waals surface area contributed by atoms with Gasteiger partial charge in [0.15, 0.2) is 0 Å². The van der Waals surface area contributed by atoms with Crippen LogP contribution >= 0.6 is 0 Å². The molecule has 0 fully saturated rings. The van der Waals surface area contributed by atoms with Crippen LogP contribution in [-0.2, 0) is 0 Å². The van der Waals surface area contributed by atoms with Gasteiger partial charge in [0.2, 0.25) is 0 Å². The minimum Gasteiger partial charge on any atom is -0.350 e. The summed E-state index contributed by atoms with van der Waals surface area (Å²) in [5.41, 5.74) is 9.23. The average Bonchev–Trinajstić information content (AvgIpc) is 2.76. The molecule has 1 unspecified atom stereocenters. The van der Waals surface area contributed by atoms with Crippen molar-refractivity contribution >= 4 is 6.03 Å². The molecule has 0 bridgehead atoms. The number of hydrogen-bond acceptors (Lipinski definition) is 2. The van der Waals surface area contributed by atoms with Crippen LogP contribution in [0.1, 0.15) is 29.9 Å². The lowest BCUT2D eigenvalue weighted by Crippen LogP contribution is -2.34. The molecule has 0 aliphatic rings. The predicted molar refractivity (Wildman–Crippen MR) is 76.9 cm³/mol. The van der Waals surface area contributed by atoms with Gasteiger partial charge in [0.25, 0.3) is 0 Å². The Balaban J connectivity index is 2.29. The molecule has 1 aromatic heterocycles. The van der Waals surface area contributed by atoms with E-state index in [2.05, 4.69) is 16.7 Å². The lowest BCUT2D eigenvalue weighted by molar-refractivity contribution is -0.0709. The zero-order valence-corrected chi connectivity index (χ0v) is 11.9. The third-order valence-electron chi connectivity index (χ3n) is 3.50. The fourth-order valence-corrected chi connectivity index (χ4v) is 2.31. The van der Waals surface area contributed by atoms with Gasteiger partial charge >= 0.3 is 6.03 Å². The van der Waals surface area contributed by atoms with Crippen molar-refractivity contribution in [3.05, 3.63) is 53.3 Å². The fraction of sp³-hybridized carbons (Fsp3) is 0.267. The number of hydroxylamine groups is 2. The molecule has 0 saturated heterocycles. The van der Waals surface area contributed by atoms with Crippen molar-refractivity contribution in [1.29, 1.82) is 0 Å². The van der Waals surface area contributed by atoms with Gasteiger partial charge < -0.3 is 10.3 Å². The highest BCUT2D eigenvalue weighted by Gasteiger charge is 2.17. The number of hydrogen-bond donors (Lipinski definition) is 2. The SMILES string of the molecule is Cc1ccc(C)n1-c1ccc(C(C)N(O)C(N)=O)cc1. The molecule has 2 rings (SSSR count). The number of aromatic nitrogens is 1. The van der Waals surface area contributed by atoms with Gasteiger partial charge in [0.1, 0.15) is 0 Å². The van der Waals surface area contributed by atoms with Crippen LogP contribution in [0.3, 0.4) is 0 Å². The number of urea groups is 1. The van der Waals surface area contributed by atoms with E-state index in [9.17, 15) is 10.0 Å². The van der Waals surface area contributed by atoms with Gasteiger partial charge in [0.05, 0.1) is 6.04 Å². The van der Waals surface area contributed by atoms with E-state index in [1.165, 1.54) is 0 Å². The van der Waals surface area contributed by atoms with Crippen LogP contribution in [0.5, 0.6) is 0 Å². The van der Waals surface area contributed by atoms with Crippen LogP contribution in [0, 0.1) is 13.8 Å². The molecule has 0 aliphatic heterocycles. The monoisotopic (exact) mass is 273 g/mol. The van der Waals surface area contributed by atoms with E-state index < -0.39 is 12.1 Å². The molecule has 1 atom stereocenters. The Labute approximate surface area is 118 Å². The van der Waals surface area contributed by atoms with Gasteiger partial charge in [-0.2, -0.15) is 5.06 Å². The van der Waals surface area contributed by atoms with E-state index in [4.69, 9.17) is 5.73 Å². The molecule has 2 amide bonds. The number of amides is 2. The second kappa shape index (κ2) is 5.38. The van der Waals surface area contributed by atoms with Crippen LogP contribution in [0.4, 0.5) is 4.79 Å². The van der Waals surface area contributed by atoms with Gasteiger partial charge in [-0.05, 0) is 50.6 Å². The van der Waals surface area contributed by atoms with Gasteiger partial charge in [-0.25, -0.2) is 4.79 Å². The molecule has 1 aromatic carbocycles. The molecule has 2 aromatic rings. The summed E-state index contributed by atoms with van der Waals surface area (Å²) in [5, 5.41) is 10.1. The predicted octanol–water partition coefficient (Wildman–Crippen LogP) is 2.93. The van der Waals surface area contributed by atoms with Crippen LogP contribution in [0.15, 0.2) is 36.4 Å². The molecule has 3 N–H and O–H groups in total. The molecule has 20 heavy (non-hydrogen) atoms. The molecule has 106 valence electrons. The van der Waals surface area contributed by atoms with Crippen molar-refractivity contribution in [1.82, 2.24) is 9.63 Å². The van der Waals surface area contributed by atoms with Crippen molar-refractivity contribution in [3.8, 4) is 5.69 Å². The molecule has 5 nitrogen and oxygen atoms in total. The summed E-state index contributed by atoms with van der Waals surface area (Å²) < 4.78 is 2.14. The molecule has 0 aliphatic carbocycles. The Morgan fingerprint density at radius 2 is 1.65 bits per heavy atom. The summed E-state index contributed by atoms with van der Waals surface area (Å²) in [7, 11) is 0. The van der Waals surface area contributed by atoms with Crippen molar-refractivity contribution in [2.75, 3.05) is 0 Å². The Kier molecular flexibility index (Phi) is 3.81. The Hall–Kier alpha value is -2.27. The summed E-state index contributed by atoms with van der Waals surface area (Å²) >= 11 is 0. The van der Waals surface area contributed by atoms with Crippen molar-refractivity contribution in [3.63, 3.8) is 0 Å². The molecule has 0 radical (unpaired) electrons. The minimum atomic E-state index is -0.862. The van der Waals surface area contributed by atoms with Gasteiger partial charge in [-0.3, -0.25) is 5.21 Å². The smallest absolute Gasteiger partial charge is 0.339 e. The average molecular weight is 273 g/mol. The largest absolute Gasteiger partial charge is 0.350 e. The first-order chi connectivity index (χ1) is 9.41. The number of primary amides is 1. The number of nitrogens with two attached hydrogens (primary N) is 1. The summed E-state index contributed by atoms with van der Waals surface area (Å²) in [6.45, 7) is 5.81. The highest BCUT2D eigenvalue weighted by Crippen LogP contribution is 2.22. The first-order valence-electron chi connectivity index (χ1n) is 6.44. The topological polar surface area (TPSA) is 71.5 Å². The summed E-state index contributed by atoms with van der Waals surface area (Å²) in [6.07, 6.45) is 0. The number of aryl methyl sites for hydroxylation is 2. The third-order valence-corrected chi connectivity index (χ3v) is 3.50. The van der Waals surface area contributed by atoms with Crippen LogP contribution in [-0.4, -0.2) is 20.9 Å². The number of nitrogens with zero attached hydrogens (tertiary/aromatic N) is 2. The first kappa shape index (κ1) is 14.1. The summed E-state index contributed by atoms with van der Waals surface area (Å²) in [5.74, 6) is 0. The van der Waals surface area contributed by atoms with Gasteiger partial charge in [-0.15, -0.1) is 0 Å². The van der Waals surface area contributed by atoms with E-state index in [1.807, 2.05) is 38.1 Å². The van der Waals surface area contributed by atoms with Crippen LogP contribution in [0.25, 0.3) is 5.69 Å². The molecular weight excluding hydrogens is 254 g/mol. The molecule has 0 spiro atoms. The van der Waals surface area contributed by atoms with Crippen molar-refractivity contribution in [2.45, 2.75) is 26.8 Å². The maximum absolute atomic E-state index is 11.0. The third kappa shape index (κ3) is 2.53. The highest BCUT2D eigenvalue weighted by molar-refractivity contribution is 5.71. The molecule has 1 heterocycles. The first-order valence-corrected chi connectivity index (χ1v) is 6.44. The second-order valence-electron chi connectivity index (χ2n) is 4.90. The standard InChI is InChI=1S/C15H19N3O2/c1-10-4-5-11(2)17(10)14-8-6-13(7-9-14)12(3)18(20)15(16)19/h4-9,12,20H,1-3H3,(H2,16,19). The normalized spacial score (nSPS) is 12.2. The zero-order chi connectivity index (χ0) is 14.9. The van der Waals surface area contributed by atoms with E-state index in [1.54, 1.807) is 6.92 Å². The van der Waals surface area contributed by atoms with Crippen molar-refractivity contribution in [2.24, 2.45) is 5.73 Å². The zero-order valence-electron chi connectivity index (χ0n) is 11.9. The van der Waals surface area contributed by atoms with E-state index >= 15 is 0 Å². The number of carbonyl (C=O) groups is 1. The molecule has 0 saturated carbocycles. The number of carbonyl (C=O) groups excluding carboxylic acids is 1. The van der Waals surface area contributed by atoms with Crippen LogP contribution in [0.2, 0.25) is 0 Å². The van der Waals surface area contributed by atoms with E-state index in [-0.39, 0.29) is 0 Å². The van der Waals surface area contributed by atoms with E-state index in [0.29, 0.717) is 5.06 Å². The fourth-order valence-electron chi connectivity index (χ4n) is 2.31. The second-order valence-corrected chi connectivity index (χ2v) is 4.90. The maximum Gasteiger partial charge on any atom is 0.339 e. The molecule has 5 heteroatoms. The molecular formula is C15H19N3O2. The minimum absolute atomic E-state index is 0.478. The summed E-state index contributed by atoms with van der Waals surface area (Å²) in [4.78, 5) is 11.0. The van der Waals surface area contributed by atoms with Gasteiger partial charge in [0, 0.05) is 17.1 Å². The van der Waals surface area contributed by atoms with Crippen molar-refractivity contribution < 1.29 is 10.0 Å². The number of rotatable bonds is 3.